The number of carbonyl (C=O) groups is 1. The number of nitrogens with zero attached hydrogens (tertiary/aromatic N) is 3. The Morgan fingerprint density at radius 2 is 1.67 bits per heavy atom. The average molecular weight is 423 g/mol. The Hall–Kier alpha value is -3.32. The summed E-state index contributed by atoms with van der Waals surface area (Å²) in [5.41, 5.74) is 2.97. The molecule has 1 saturated heterocycles. The number of halogens is 1. The van der Waals surface area contributed by atoms with Crippen molar-refractivity contribution >= 4 is 46.5 Å². The zero-order chi connectivity index (χ0) is 20.9. The zero-order valence-corrected chi connectivity index (χ0v) is 17.4. The third kappa shape index (κ3) is 4.99. The van der Waals surface area contributed by atoms with Crippen LogP contribution in [0.15, 0.2) is 54.6 Å². The maximum Gasteiger partial charge on any atom is 0.323 e. The highest BCUT2D eigenvalue weighted by Gasteiger charge is 2.15. The molecule has 0 atom stereocenters. The van der Waals surface area contributed by atoms with Gasteiger partial charge in [0.1, 0.15) is 5.82 Å². The monoisotopic (exact) mass is 422 g/mol. The van der Waals surface area contributed by atoms with E-state index in [1.807, 2.05) is 49.4 Å². The van der Waals surface area contributed by atoms with Crippen LogP contribution in [0.1, 0.15) is 18.5 Å². The fraction of sp³-hybridized carbons (Fsp3) is 0.227. The van der Waals surface area contributed by atoms with Crippen molar-refractivity contribution in [2.75, 3.05) is 33.9 Å². The fourth-order valence-corrected chi connectivity index (χ4v) is 3.51. The number of nitrogens with one attached hydrogen (secondary N) is 3. The van der Waals surface area contributed by atoms with Gasteiger partial charge in [0.25, 0.3) is 0 Å². The van der Waals surface area contributed by atoms with Crippen LogP contribution in [0, 0.1) is 6.92 Å². The Kier molecular flexibility index (Phi) is 5.99. The minimum Gasteiger partial charge on any atom is -0.356 e. The highest BCUT2D eigenvalue weighted by molar-refractivity contribution is 6.33. The first-order valence-electron chi connectivity index (χ1n) is 9.87. The average Bonchev–Trinajstić information content (AvgIpc) is 3.26. The summed E-state index contributed by atoms with van der Waals surface area (Å²) in [6.07, 6.45) is 2.40. The van der Waals surface area contributed by atoms with E-state index in [-0.39, 0.29) is 6.03 Å². The lowest BCUT2D eigenvalue weighted by molar-refractivity contribution is 0.262. The molecule has 0 unspecified atom stereocenters. The van der Waals surface area contributed by atoms with Crippen LogP contribution >= 0.6 is 11.6 Å². The molecule has 0 bridgehead atoms. The van der Waals surface area contributed by atoms with Crippen molar-refractivity contribution in [2.24, 2.45) is 0 Å². The lowest BCUT2D eigenvalue weighted by atomic mass is 10.3. The van der Waals surface area contributed by atoms with Crippen LogP contribution in [0.25, 0.3) is 0 Å². The van der Waals surface area contributed by atoms with Gasteiger partial charge in [-0.2, -0.15) is 4.98 Å². The molecule has 7 nitrogen and oxygen atoms in total. The van der Waals surface area contributed by atoms with E-state index < -0.39 is 0 Å². The van der Waals surface area contributed by atoms with E-state index in [4.69, 9.17) is 11.6 Å². The molecule has 0 radical (unpaired) electrons. The number of benzene rings is 2. The van der Waals surface area contributed by atoms with E-state index >= 15 is 0 Å². The maximum atomic E-state index is 12.2. The van der Waals surface area contributed by atoms with Crippen molar-refractivity contribution in [3.63, 3.8) is 0 Å². The number of aromatic nitrogens is 2. The number of rotatable bonds is 5. The van der Waals surface area contributed by atoms with E-state index in [1.54, 1.807) is 12.1 Å². The molecule has 2 amide bonds. The minimum absolute atomic E-state index is 0.360. The van der Waals surface area contributed by atoms with Gasteiger partial charge in [0, 0.05) is 36.2 Å². The maximum absolute atomic E-state index is 12.2. The van der Waals surface area contributed by atoms with E-state index in [1.165, 1.54) is 12.8 Å². The smallest absolute Gasteiger partial charge is 0.323 e. The number of urea groups is 1. The summed E-state index contributed by atoms with van der Waals surface area (Å²) in [6, 6.07) is 16.1. The molecule has 8 heteroatoms. The van der Waals surface area contributed by atoms with E-state index in [0.29, 0.717) is 22.3 Å². The number of para-hydroxylation sites is 1. The van der Waals surface area contributed by atoms with Crippen molar-refractivity contribution < 1.29 is 4.79 Å². The Balaban J connectivity index is 1.39. The largest absolute Gasteiger partial charge is 0.356 e. The molecular formula is C22H23ClN6O. The summed E-state index contributed by atoms with van der Waals surface area (Å²) in [4.78, 5) is 23.6. The van der Waals surface area contributed by atoms with Gasteiger partial charge in [-0.25, -0.2) is 9.78 Å². The first-order valence-corrected chi connectivity index (χ1v) is 10.2. The van der Waals surface area contributed by atoms with Crippen LogP contribution < -0.4 is 20.9 Å². The second kappa shape index (κ2) is 9.00. The van der Waals surface area contributed by atoms with Gasteiger partial charge in [0.2, 0.25) is 5.95 Å². The Morgan fingerprint density at radius 1 is 0.967 bits per heavy atom. The van der Waals surface area contributed by atoms with Gasteiger partial charge in [-0.3, -0.25) is 0 Å². The van der Waals surface area contributed by atoms with Gasteiger partial charge in [-0.05, 0) is 56.2 Å². The molecule has 2 aromatic carbocycles. The third-order valence-corrected chi connectivity index (χ3v) is 5.12. The minimum atomic E-state index is -0.360. The molecule has 3 N–H and O–H groups in total. The van der Waals surface area contributed by atoms with Crippen molar-refractivity contribution in [1.29, 1.82) is 0 Å². The second-order valence-electron chi connectivity index (χ2n) is 7.15. The quantitative estimate of drug-likeness (QED) is 0.511. The lowest BCUT2D eigenvalue weighted by Crippen LogP contribution is -2.20. The molecule has 0 aliphatic carbocycles. The number of hydrogen-bond acceptors (Lipinski definition) is 5. The summed E-state index contributed by atoms with van der Waals surface area (Å²) in [5, 5.41) is 9.25. The second-order valence-corrected chi connectivity index (χ2v) is 7.55. The van der Waals surface area contributed by atoms with Crippen molar-refractivity contribution in [3.05, 3.63) is 65.3 Å². The highest BCUT2D eigenvalue weighted by Crippen LogP contribution is 2.23. The topological polar surface area (TPSA) is 82.2 Å². The lowest BCUT2D eigenvalue weighted by Gasteiger charge is -2.17. The van der Waals surface area contributed by atoms with Gasteiger partial charge in [-0.1, -0.05) is 23.7 Å². The van der Waals surface area contributed by atoms with Crippen LogP contribution in [-0.4, -0.2) is 29.1 Å². The molecule has 3 aromatic rings. The summed E-state index contributed by atoms with van der Waals surface area (Å²) < 4.78 is 0. The van der Waals surface area contributed by atoms with Crippen LogP contribution in [0.4, 0.5) is 33.6 Å². The Morgan fingerprint density at radius 3 is 2.40 bits per heavy atom. The molecular weight excluding hydrogens is 400 g/mol. The summed E-state index contributed by atoms with van der Waals surface area (Å²) in [5.74, 6) is 1.52. The number of aryl methyl sites for hydroxylation is 1. The first-order chi connectivity index (χ1) is 14.6. The summed E-state index contributed by atoms with van der Waals surface area (Å²) in [6.45, 7) is 4.04. The van der Waals surface area contributed by atoms with Gasteiger partial charge in [0.15, 0.2) is 0 Å². The Labute approximate surface area is 180 Å². The molecule has 30 heavy (non-hydrogen) atoms. The van der Waals surface area contributed by atoms with Crippen LogP contribution in [0.2, 0.25) is 5.02 Å². The summed E-state index contributed by atoms with van der Waals surface area (Å²) in [7, 11) is 0. The fourth-order valence-electron chi connectivity index (χ4n) is 3.33. The van der Waals surface area contributed by atoms with Crippen molar-refractivity contribution in [3.8, 4) is 0 Å². The number of carbonyl (C=O) groups excluding carboxylic acids is 1. The van der Waals surface area contributed by atoms with Crippen LogP contribution in [0.3, 0.4) is 0 Å². The zero-order valence-electron chi connectivity index (χ0n) is 16.7. The van der Waals surface area contributed by atoms with Gasteiger partial charge in [0.05, 0.1) is 10.7 Å². The first kappa shape index (κ1) is 20.0. The van der Waals surface area contributed by atoms with E-state index in [2.05, 4.69) is 30.8 Å². The van der Waals surface area contributed by atoms with E-state index in [0.717, 1.165) is 30.3 Å². The predicted octanol–water partition coefficient (Wildman–Crippen LogP) is 5.43. The van der Waals surface area contributed by atoms with Gasteiger partial charge < -0.3 is 20.9 Å². The van der Waals surface area contributed by atoms with Gasteiger partial charge >= 0.3 is 6.03 Å². The third-order valence-electron chi connectivity index (χ3n) is 4.79. The van der Waals surface area contributed by atoms with Crippen molar-refractivity contribution in [2.45, 2.75) is 19.8 Å². The molecule has 2 heterocycles. The molecule has 154 valence electrons. The standard InChI is InChI=1S/C22H23ClN6O/c1-15-14-20(29-12-4-5-13-29)28-21(24-15)25-16-8-10-17(11-9-16)26-22(30)27-19-7-3-2-6-18(19)23/h2-3,6-11,14H,4-5,12-13H2,1H3,(H,24,25,28)(H2,26,27,30). The molecule has 0 spiro atoms. The normalized spacial score (nSPS) is 13.2. The number of anilines is 5. The molecule has 1 fully saturated rings. The number of amides is 2. The van der Waals surface area contributed by atoms with Crippen molar-refractivity contribution in [1.82, 2.24) is 9.97 Å². The summed E-state index contributed by atoms with van der Waals surface area (Å²) >= 11 is 6.07. The molecule has 1 aliphatic heterocycles. The van der Waals surface area contributed by atoms with Gasteiger partial charge in [-0.15, -0.1) is 0 Å². The molecule has 4 rings (SSSR count). The molecule has 1 aliphatic rings. The molecule has 0 saturated carbocycles. The number of hydrogen-bond donors (Lipinski definition) is 3. The Bertz CT molecular complexity index is 1030. The van der Waals surface area contributed by atoms with E-state index in [9.17, 15) is 4.79 Å². The molecule has 1 aromatic heterocycles. The highest BCUT2D eigenvalue weighted by atomic mass is 35.5. The SMILES string of the molecule is Cc1cc(N2CCCC2)nc(Nc2ccc(NC(=O)Nc3ccccc3Cl)cc2)n1. The van der Waals surface area contributed by atoms with Crippen LogP contribution in [0.5, 0.6) is 0 Å². The predicted molar refractivity (Wildman–Crippen MR) is 122 cm³/mol. The van der Waals surface area contributed by atoms with Crippen LogP contribution in [-0.2, 0) is 0 Å².